The van der Waals surface area contributed by atoms with E-state index < -0.39 is 12.8 Å². The third-order valence-corrected chi connectivity index (χ3v) is 2.94. The summed E-state index contributed by atoms with van der Waals surface area (Å²) in [5, 5.41) is 5.71. The highest BCUT2D eigenvalue weighted by Crippen LogP contribution is 2.07. The predicted octanol–water partition coefficient (Wildman–Crippen LogP) is 1.61. The van der Waals surface area contributed by atoms with Crippen molar-refractivity contribution in [3.05, 3.63) is 35.9 Å². The maximum atomic E-state index is 12.4. The van der Waals surface area contributed by atoms with E-state index in [4.69, 9.17) is 4.74 Å². The number of benzene rings is 1. The number of carbonyl (C=O) groups is 1. The monoisotopic (exact) mass is 252 g/mol. The minimum absolute atomic E-state index is 0.0472. The number of rotatable bonds is 4. The summed E-state index contributed by atoms with van der Waals surface area (Å²) in [7, 11) is 0. The fourth-order valence-corrected chi connectivity index (χ4v) is 1.98. The van der Waals surface area contributed by atoms with Crippen LogP contribution in [-0.4, -0.2) is 31.4 Å². The van der Waals surface area contributed by atoms with E-state index in [1.165, 1.54) is 0 Å². The SMILES string of the molecule is O=C(N[C@H]1CN[C@H](CF)C1)OCc1ccccc1. The number of hydrogen-bond acceptors (Lipinski definition) is 3. The molecule has 1 heterocycles. The second-order valence-electron chi connectivity index (χ2n) is 4.40. The molecule has 1 aliphatic heterocycles. The van der Waals surface area contributed by atoms with E-state index in [1.54, 1.807) is 0 Å². The highest BCUT2D eigenvalue weighted by molar-refractivity contribution is 5.67. The van der Waals surface area contributed by atoms with E-state index >= 15 is 0 Å². The lowest BCUT2D eigenvalue weighted by atomic mass is 10.2. The number of alkyl carbamates (subject to hydrolysis) is 1. The van der Waals surface area contributed by atoms with Crippen molar-refractivity contribution in [1.29, 1.82) is 0 Å². The summed E-state index contributed by atoms with van der Waals surface area (Å²) in [6.07, 6.45) is 0.155. The Balaban J connectivity index is 1.70. The molecule has 2 atom stereocenters. The van der Waals surface area contributed by atoms with Crippen LogP contribution < -0.4 is 10.6 Å². The first-order valence-corrected chi connectivity index (χ1v) is 6.04. The number of hydrogen-bond donors (Lipinski definition) is 2. The van der Waals surface area contributed by atoms with Crippen LogP contribution in [0.3, 0.4) is 0 Å². The Kier molecular flexibility index (Phi) is 4.52. The lowest BCUT2D eigenvalue weighted by Gasteiger charge is -2.12. The molecule has 2 rings (SSSR count). The molecule has 1 fully saturated rings. The smallest absolute Gasteiger partial charge is 0.407 e. The molecule has 4 nitrogen and oxygen atoms in total. The van der Waals surface area contributed by atoms with Crippen LogP contribution in [0.5, 0.6) is 0 Å². The van der Waals surface area contributed by atoms with Gasteiger partial charge in [-0.25, -0.2) is 9.18 Å². The summed E-state index contributed by atoms with van der Waals surface area (Å²) in [6.45, 7) is 0.436. The fourth-order valence-electron chi connectivity index (χ4n) is 1.98. The lowest BCUT2D eigenvalue weighted by molar-refractivity contribution is 0.136. The Morgan fingerprint density at radius 3 is 2.89 bits per heavy atom. The van der Waals surface area contributed by atoms with Crippen molar-refractivity contribution in [2.45, 2.75) is 25.1 Å². The van der Waals surface area contributed by atoms with Crippen molar-refractivity contribution in [3.8, 4) is 0 Å². The van der Waals surface area contributed by atoms with Gasteiger partial charge in [0.1, 0.15) is 13.3 Å². The highest BCUT2D eigenvalue weighted by atomic mass is 19.1. The molecule has 18 heavy (non-hydrogen) atoms. The molecule has 0 aromatic heterocycles. The Hall–Kier alpha value is -1.62. The molecule has 0 radical (unpaired) electrons. The fraction of sp³-hybridized carbons (Fsp3) is 0.462. The van der Waals surface area contributed by atoms with Crippen LogP contribution in [-0.2, 0) is 11.3 Å². The van der Waals surface area contributed by atoms with Crippen LogP contribution in [0, 0.1) is 0 Å². The third-order valence-electron chi connectivity index (χ3n) is 2.94. The molecule has 1 aromatic carbocycles. The van der Waals surface area contributed by atoms with Gasteiger partial charge < -0.3 is 15.4 Å². The standard InChI is InChI=1S/C13H17FN2O2/c14-7-11-6-12(8-15-11)16-13(17)18-9-10-4-2-1-3-5-10/h1-5,11-12,15H,6-9H2,(H,16,17)/t11-,12+/m0/s1. The van der Waals surface area contributed by atoms with Gasteiger partial charge in [-0.1, -0.05) is 30.3 Å². The van der Waals surface area contributed by atoms with Crippen LogP contribution in [0.25, 0.3) is 0 Å². The van der Waals surface area contributed by atoms with E-state index in [0.717, 1.165) is 5.56 Å². The number of amides is 1. The molecule has 0 saturated carbocycles. The largest absolute Gasteiger partial charge is 0.445 e. The van der Waals surface area contributed by atoms with Gasteiger partial charge in [0, 0.05) is 18.6 Å². The quantitative estimate of drug-likeness (QED) is 0.856. The minimum Gasteiger partial charge on any atom is -0.445 e. The molecule has 0 unspecified atom stereocenters. The maximum Gasteiger partial charge on any atom is 0.407 e. The molecule has 98 valence electrons. The molecule has 1 saturated heterocycles. The molecule has 1 aromatic rings. The normalized spacial score (nSPS) is 22.7. The van der Waals surface area contributed by atoms with Crippen molar-refractivity contribution in [2.75, 3.05) is 13.2 Å². The summed E-state index contributed by atoms with van der Waals surface area (Å²) in [4.78, 5) is 11.5. The van der Waals surface area contributed by atoms with E-state index in [1.807, 2.05) is 30.3 Å². The van der Waals surface area contributed by atoms with Gasteiger partial charge in [-0.15, -0.1) is 0 Å². The van der Waals surface area contributed by atoms with Gasteiger partial charge in [-0.05, 0) is 12.0 Å². The first kappa shape index (κ1) is 12.8. The zero-order valence-electron chi connectivity index (χ0n) is 10.1. The van der Waals surface area contributed by atoms with Crippen LogP contribution in [0.4, 0.5) is 9.18 Å². The number of ether oxygens (including phenoxy) is 1. The van der Waals surface area contributed by atoms with Crippen molar-refractivity contribution in [3.63, 3.8) is 0 Å². The highest BCUT2D eigenvalue weighted by Gasteiger charge is 2.25. The molecule has 2 N–H and O–H groups in total. The van der Waals surface area contributed by atoms with E-state index in [0.29, 0.717) is 13.0 Å². The van der Waals surface area contributed by atoms with Crippen LogP contribution in [0.15, 0.2) is 30.3 Å². The summed E-state index contributed by atoms with van der Waals surface area (Å²) < 4.78 is 17.5. The Morgan fingerprint density at radius 2 is 2.22 bits per heavy atom. The number of carbonyl (C=O) groups excluding carboxylic acids is 1. The molecular weight excluding hydrogens is 235 g/mol. The average molecular weight is 252 g/mol. The second kappa shape index (κ2) is 6.35. The van der Waals surface area contributed by atoms with Gasteiger partial charge in [-0.2, -0.15) is 0 Å². The average Bonchev–Trinajstić information content (AvgIpc) is 2.85. The number of nitrogens with one attached hydrogen (secondary N) is 2. The maximum absolute atomic E-state index is 12.4. The number of halogens is 1. The van der Waals surface area contributed by atoms with Gasteiger partial charge in [0.05, 0.1) is 0 Å². The summed E-state index contributed by atoms with van der Waals surface area (Å²) in [5.74, 6) is 0. The summed E-state index contributed by atoms with van der Waals surface area (Å²) >= 11 is 0. The Morgan fingerprint density at radius 1 is 1.44 bits per heavy atom. The van der Waals surface area contributed by atoms with Crippen molar-refractivity contribution < 1.29 is 13.9 Å². The minimum atomic E-state index is -0.454. The topological polar surface area (TPSA) is 50.4 Å². The molecule has 5 heteroatoms. The van der Waals surface area contributed by atoms with E-state index in [9.17, 15) is 9.18 Å². The number of alkyl halides is 1. The second-order valence-corrected chi connectivity index (χ2v) is 4.40. The van der Waals surface area contributed by atoms with Crippen LogP contribution in [0.1, 0.15) is 12.0 Å². The lowest BCUT2D eigenvalue weighted by Crippen LogP contribution is -2.36. The molecule has 0 aliphatic carbocycles. The van der Waals surface area contributed by atoms with Crippen LogP contribution in [0.2, 0.25) is 0 Å². The molecule has 0 spiro atoms. The van der Waals surface area contributed by atoms with E-state index in [-0.39, 0.29) is 18.7 Å². The summed E-state index contributed by atoms with van der Waals surface area (Å²) in [6, 6.07) is 9.28. The van der Waals surface area contributed by atoms with Crippen molar-refractivity contribution in [2.24, 2.45) is 0 Å². The molecule has 1 aliphatic rings. The van der Waals surface area contributed by atoms with E-state index in [2.05, 4.69) is 10.6 Å². The zero-order chi connectivity index (χ0) is 12.8. The predicted molar refractivity (Wildman–Crippen MR) is 65.9 cm³/mol. The first-order valence-electron chi connectivity index (χ1n) is 6.04. The molecule has 0 bridgehead atoms. The van der Waals surface area contributed by atoms with Gasteiger partial charge in [-0.3, -0.25) is 0 Å². The Labute approximate surface area is 106 Å². The molecule has 1 amide bonds. The van der Waals surface area contributed by atoms with Gasteiger partial charge >= 0.3 is 6.09 Å². The van der Waals surface area contributed by atoms with Gasteiger partial charge in [0.15, 0.2) is 0 Å². The molecular formula is C13H17FN2O2. The zero-order valence-corrected chi connectivity index (χ0v) is 10.1. The van der Waals surface area contributed by atoms with Crippen molar-refractivity contribution >= 4 is 6.09 Å². The van der Waals surface area contributed by atoms with Gasteiger partial charge in [0.25, 0.3) is 0 Å². The first-order chi connectivity index (χ1) is 8.78. The third kappa shape index (κ3) is 3.70. The van der Waals surface area contributed by atoms with Crippen LogP contribution >= 0.6 is 0 Å². The van der Waals surface area contributed by atoms with Crippen molar-refractivity contribution in [1.82, 2.24) is 10.6 Å². The summed E-state index contributed by atoms with van der Waals surface area (Å²) in [5.41, 5.74) is 0.943. The Bertz CT molecular complexity index is 386. The van der Waals surface area contributed by atoms with Gasteiger partial charge in [0.2, 0.25) is 0 Å².